The highest BCUT2D eigenvalue weighted by molar-refractivity contribution is 5.91. The summed E-state index contributed by atoms with van der Waals surface area (Å²) in [6.07, 6.45) is 3.44. The van der Waals surface area contributed by atoms with Crippen molar-refractivity contribution in [3.8, 4) is 11.5 Å². The Balaban J connectivity index is 2.07. The van der Waals surface area contributed by atoms with Crippen LogP contribution in [0, 0.1) is 11.7 Å². The number of hydrogen-bond donors (Lipinski definition) is 1. The Bertz CT molecular complexity index is 524. The number of hydrogen-bond acceptors (Lipinski definition) is 4. The van der Waals surface area contributed by atoms with Gasteiger partial charge in [0, 0.05) is 25.8 Å². The number of methoxy groups -OCH3 is 2. The molecule has 5 nitrogen and oxygen atoms in total. The molecule has 0 spiro atoms. The number of benzene rings is 1. The van der Waals surface area contributed by atoms with Crippen LogP contribution in [0.15, 0.2) is 12.1 Å². The van der Waals surface area contributed by atoms with Gasteiger partial charge in [-0.25, -0.2) is 9.18 Å². The van der Waals surface area contributed by atoms with Gasteiger partial charge in [0.2, 0.25) is 0 Å². The van der Waals surface area contributed by atoms with Crippen molar-refractivity contribution in [1.29, 1.82) is 0 Å². The molecule has 0 unspecified atom stereocenters. The molecule has 22 heavy (non-hydrogen) atoms. The molecule has 1 fully saturated rings. The zero-order valence-electron chi connectivity index (χ0n) is 12.8. The first-order chi connectivity index (χ1) is 10.5. The number of rotatable bonds is 6. The minimum Gasteiger partial charge on any atom is -0.496 e. The summed E-state index contributed by atoms with van der Waals surface area (Å²) >= 11 is 0. The van der Waals surface area contributed by atoms with E-state index in [4.69, 9.17) is 19.3 Å². The fraction of sp³-hybridized carbons (Fsp3) is 0.562. The molecule has 0 radical (unpaired) electrons. The van der Waals surface area contributed by atoms with E-state index >= 15 is 0 Å². The van der Waals surface area contributed by atoms with Gasteiger partial charge < -0.3 is 19.3 Å². The Kier molecular flexibility index (Phi) is 5.60. The number of aromatic carboxylic acids is 1. The molecule has 0 heterocycles. The minimum absolute atomic E-state index is 0.0128. The largest absolute Gasteiger partial charge is 0.496 e. The van der Waals surface area contributed by atoms with Gasteiger partial charge in [-0.3, -0.25) is 0 Å². The van der Waals surface area contributed by atoms with Gasteiger partial charge in [-0.2, -0.15) is 0 Å². The standard InChI is InChI=1S/C16H21FO5/c1-20-9-10-3-5-11(6-4-10)22-15-7-12(16(18)19)14(21-2)8-13(15)17/h7-8,10-11H,3-6,9H2,1-2H3,(H,18,19). The van der Waals surface area contributed by atoms with Gasteiger partial charge in [0.15, 0.2) is 11.6 Å². The van der Waals surface area contributed by atoms with Crippen LogP contribution < -0.4 is 9.47 Å². The molecule has 1 aliphatic rings. The fourth-order valence-corrected chi connectivity index (χ4v) is 2.79. The van der Waals surface area contributed by atoms with E-state index in [2.05, 4.69) is 0 Å². The quantitative estimate of drug-likeness (QED) is 0.874. The number of ether oxygens (including phenoxy) is 3. The topological polar surface area (TPSA) is 65.0 Å². The van der Waals surface area contributed by atoms with E-state index in [1.165, 1.54) is 13.2 Å². The monoisotopic (exact) mass is 312 g/mol. The van der Waals surface area contributed by atoms with Gasteiger partial charge in [0.1, 0.15) is 11.3 Å². The van der Waals surface area contributed by atoms with Crippen molar-refractivity contribution in [2.75, 3.05) is 20.8 Å². The zero-order chi connectivity index (χ0) is 16.1. The Morgan fingerprint density at radius 3 is 2.45 bits per heavy atom. The first kappa shape index (κ1) is 16.5. The van der Waals surface area contributed by atoms with Gasteiger partial charge in [-0.15, -0.1) is 0 Å². The molecule has 0 amide bonds. The molecule has 122 valence electrons. The van der Waals surface area contributed by atoms with Gasteiger partial charge >= 0.3 is 5.97 Å². The molecule has 0 atom stereocenters. The molecule has 1 saturated carbocycles. The maximum atomic E-state index is 14.0. The van der Waals surface area contributed by atoms with Gasteiger partial charge in [0.05, 0.1) is 13.2 Å². The summed E-state index contributed by atoms with van der Waals surface area (Å²) < 4.78 is 29.7. The third kappa shape index (κ3) is 3.88. The fourth-order valence-electron chi connectivity index (χ4n) is 2.79. The average Bonchev–Trinajstić information content (AvgIpc) is 2.50. The Labute approximate surface area is 129 Å². The van der Waals surface area contributed by atoms with E-state index < -0.39 is 11.8 Å². The molecular weight excluding hydrogens is 291 g/mol. The predicted octanol–water partition coefficient (Wildman–Crippen LogP) is 3.12. The molecule has 6 heteroatoms. The van der Waals surface area contributed by atoms with Crippen LogP contribution in [0.2, 0.25) is 0 Å². The smallest absolute Gasteiger partial charge is 0.339 e. The summed E-state index contributed by atoms with van der Waals surface area (Å²) in [6, 6.07) is 2.24. The van der Waals surface area contributed by atoms with Crippen molar-refractivity contribution in [3.63, 3.8) is 0 Å². The summed E-state index contributed by atoms with van der Waals surface area (Å²) in [5.74, 6) is -1.32. The molecule has 1 N–H and O–H groups in total. The van der Waals surface area contributed by atoms with Gasteiger partial charge in [-0.05, 0) is 31.6 Å². The molecule has 2 rings (SSSR count). The summed E-state index contributed by atoms with van der Waals surface area (Å²) in [6.45, 7) is 0.729. The van der Waals surface area contributed by atoms with Crippen LogP contribution in [0.4, 0.5) is 4.39 Å². The molecule has 1 aliphatic carbocycles. The minimum atomic E-state index is -1.18. The third-order valence-electron chi connectivity index (χ3n) is 3.97. The van der Waals surface area contributed by atoms with Crippen LogP contribution in [-0.2, 0) is 4.74 Å². The molecule has 0 aromatic heterocycles. The van der Waals surface area contributed by atoms with Crippen molar-refractivity contribution in [2.45, 2.75) is 31.8 Å². The second-order valence-electron chi connectivity index (χ2n) is 5.50. The first-order valence-electron chi connectivity index (χ1n) is 7.31. The maximum Gasteiger partial charge on any atom is 0.339 e. The maximum absolute atomic E-state index is 14.0. The number of carbonyl (C=O) groups is 1. The van der Waals surface area contributed by atoms with Crippen molar-refractivity contribution in [1.82, 2.24) is 0 Å². The van der Waals surface area contributed by atoms with Crippen molar-refractivity contribution < 1.29 is 28.5 Å². The summed E-state index contributed by atoms with van der Waals surface area (Å²) in [4.78, 5) is 11.2. The highest BCUT2D eigenvalue weighted by Gasteiger charge is 2.24. The van der Waals surface area contributed by atoms with E-state index in [1.807, 2.05) is 0 Å². The van der Waals surface area contributed by atoms with Crippen LogP contribution in [-0.4, -0.2) is 38.0 Å². The number of carboxylic acid groups (broad SMARTS) is 1. The van der Waals surface area contributed by atoms with E-state index in [0.717, 1.165) is 38.4 Å². The molecular formula is C16H21FO5. The number of carboxylic acids is 1. The lowest BCUT2D eigenvalue weighted by atomic mass is 9.88. The summed E-state index contributed by atoms with van der Waals surface area (Å²) in [5, 5.41) is 9.14. The summed E-state index contributed by atoms with van der Waals surface area (Å²) in [5.41, 5.74) is -0.105. The first-order valence-corrected chi connectivity index (χ1v) is 7.31. The van der Waals surface area contributed by atoms with Crippen LogP contribution >= 0.6 is 0 Å². The Morgan fingerprint density at radius 2 is 1.91 bits per heavy atom. The third-order valence-corrected chi connectivity index (χ3v) is 3.97. The molecule has 1 aromatic carbocycles. The van der Waals surface area contributed by atoms with Crippen molar-refractivity contribution in [2.24, 2.45) is 5.92 Å². The van der Waals surface area contributed by atoms with Crippen LogP contribution in [0.5, 0.6) is 11.5 Å². The van der Waals surface area contributed by atoms with Crippen molar-refractivity contribution in [3.05, 3.63) is 23.5 Å². The number of halogens is 1. The molecule has 1 aromatic rings. The lowest BCUT2D eigenvalue weighted by Crippen LogP contribution is -2.26. The zero-order valence-corrected chi connectivity index (χ0v) is 12.8. The van der Waals surface area contributed by atoms with Crippen LogP contribution in [0.25, 0.3) is 0 Å². The molecule has 0 saturated heterocycles. The van der Waals surface area contributed by atoms with E-state index in [1.54, 1.807) is 7.11 Å². The SMILES string of the molecule is COCC1CCC(Oc2cc(C(=O)O)c(OC)cc2F)CC1. The molecule has 0 bridgehead atoms. The highest BCUT2D eigenvalue weighted by atomic mass is 19.1. The Morgan fingerprint density at radius 1 is 1.23 bits per heavy atom. The van der Waals surface area contributed by atoms with E-state index in [9.17, 15) is 9.18 Å². The van der Waals surface area contributed by atoms with E-state index in [-0.39, 0.29) is 23.2 Å². The van der Waals surface area contributed by atoms with Crippen LogP contribution in [0.3, 0.4) is 0 Å². The normalized spacial score (nSPS) is 21.4. The average molecular weight is 312 g/mol. The van der Waals surface area contributed by atoms with Gasteiger partial charge in [-0.1, -0.05) is 0 Å². The van der Waals surface area contributed by atoms with Crippen molar-refractivity contribution >= 4 is 5.97 Å². The molecule has 0 aliphatic heterocycles. The lowest BCUT2D eigenvalue weighted by Gasteiger charge is -2.28. The second kappa shape index (κ2) is 7.45. The summed E-state index contributed by atoms with van der Waals surface area (Å²) in [7, 11) is 2.99. The van der Waals surface area contributed by atoms with Gasteiger partial charge in [0.25, 0.3) is 0 Å². The van der Waals surface area contributed by atoms with E-state index in [0.29, 0.717) is 5.92 Å². The predicted molar refractivity (Wildman–Crippen MR) is 78.2 cm³/mol. The van der Waals surface area contributed by atoms with Crippen LogP contribution in [0.1, 0.15) is 36.0 Å². The highest BCUT2D eigenvalue weighted by Crippen LogP contribution is 2.32. The second-order valence-corrected chi connectivity index (χ2v) is 5.50. The lowest BCUT2D eigenvalue weighted by molar-refractivity contribution is 0.0688. The Hall–Kier alpha value is -1.82.